The number of thiol groups is 1. The molecule has 1 aliphatic rings. The Bertz CT molecular complexity index is 1180. The van der Waals surface area contributed by atoms with Gasteiger partial charge in [-0.3, -0.25) is 4.79 Å². The molecule has 0 atom stereocenters. The number of rotatable bonds is 8. The molecule has 2 heterocycles. The van der Waals surface area contributed by atoms with Crippen LogP contribution in [0.2, 0.25) is 0 Å². The van der Waals surface area contributed by atoms with Crippen LogP contribution in [-0.2, 0) is 24.4 Å². The van der Waals surface area contributed by atoms with E-state index in [9.17, 15) is 13.2 Å². The van der Waals surface area contributed by atoms with E-state index in [-0.39, 0.29) is 5.56 Å². The van der Waals surface area contributed by atoms with Crippen molar-refractivity contribution in [1.82, 2.24) is 14.3 Å². The van der Waals surface area contributed by atoms with Crippen molar-refractivity contribution < 1.29 is 13.2 Å². The molecule has 29 heavy (non-hydrogen) atoms. The number of fused-ring (bicyclic) bond motifs is 1. The van der Waals surface area contributed by atoms with Crippen molar-refractivity contribution in [2.75, 3.05) is 13.2 Å². The number of hydrogen-bond acceptors (Lipinski definition) is 4. The van der Waals surface area contributed by atoms with Gasteiger partial charge in [-0.1, -0.05) is 6.07 Å². The van der Waals surface area contributed by atoms with E-state index in [1.165, 1.54) is 12.8 Å². The maximum absolute atomic E-state index is 12.5. The molecule has 0 bridgehead atoms. The number of aryl methyl sites for hydroxylation is 1. The zero-order valence-corrected chi connectivity index (χ0v) is 17.4. The zero-order chi connectivity index (χ0) is 20.5. The van der Waals surface area contributed by atoms with Crippen molar-refractivity contribution in [3.8, 4) is 16.9 Å². The summed E-state index contributed by atoms with van der Waals surface area (Å²) in [5.74, 6) is 1.41. The van der Waals surface area contributed by atoms with E-state index < -0.39 is 10.9 Å². The molecule has 2 aromatic heterocycles. The standard InChI is InChI=1S/C21H25N3O4S/c1-13-15(7-10-23-29(26)27)5-6-18(28-12-14-3-4-14)19(13)17-11-24(2)21(25)20-16(17)8-9-22-20/h5-6,8-9,11,14,22,29H,3-4,7,10,12H2,1-2H3,(H,23,26,27). The number of pyridine rings is 1. The van der Waals surface area contributed by atoms with Gasteiger partial charge in [-0.15, -0.1) is 0 Å². The number of benzene rings is 1. The number of aromatic nitrogens is 2. The van der Waals surface area contributed by atoms with E-state index >= 15 is 0 Å². The smallest absolute Gasteiger partial charge is 0.274 e. The van der Waals surface area contributed by atoms with E-state index in [4.69, 9.17) is 4.74 Å². The molecule has 2 N–H and O–H groups in total. The number of aromatic amines is 1. The third-order valence-electron chi connectivity index (χ3n) is 5.51. The topological polar surface area (TPSA) is 93.2 Å². The van der Waals surface area contributed by atoms with Crippen LogP contribution in [-0.4, -0.2) is 31.1 Å². The average molecular weight is 416 g/mol. The second-order valence-corrected chi connectivity index (χ2v) is 8.45. The highest BCUT2D eigenvalue weighted by Gasteiger charge is 2.24. The predicted octanol–water partition coefficient (Wildman–Crippen LogP) is 2.29. The Balaban J connectivity index is 1.83. The summed E-state index contributed by atoms with van der Waals surface area (Å²) in [5.41, 5.74) is 4.44. The summed E-state index contributed by atoms with van der Waals surface area (Å²) in [6, 6.07) is 5.87. The molecule has 0 saturated heterocycles. The molecule has 1 saturated carbocycles. The first-order valence-electron chi connectivity index (χ1n) is 9.76. The van der Waals surface area contributed by atoms with E-state index in [1.54, 1.807) is 17.8 Å². The van der Waals surface area contributed by atoms with Crippen LogP contribution in [0, 0.1) is 12.8 Å². The van der Waals surface area contributed by atoms with Crippen LogP contribution in [0.4, 0.5) is 0 Å². The van der Waals surface area contributed by atoms with Crippen LogP contribution >= 0.6 is 0 Å². The van der Waals surface area contributed by atoms with Gasteiger partial charge in [-0.2, -0.15) is 0 Å². The number of nitrogens with one attached hydrogen (secondary N) is 2. The minimum Gasteiger partial charge on any atom is -0.493 e. The summed E-state index contributed by atoms with van der Waals surface area (Å²) in [4.78, 5) is 15.5. The Hall–Kier alpha value is -2.58. The third-order valence-corrected chi connectivity index (χ3v) is 5.99. The monoisotopic (exact) mass is 415 g/mol. The van der Waals surface area contributed by atoms with Crippen molar-refractivity contribution in [3.05, 3.63) is 52.1 Å². The van der Waals surface area contributed by atoms with Crippen molar-refractivity contribution >= 4 is 21.8 Å². The molecular weight excluding hydrogens is 390 g/mol. The minimum absolute atomic E-state index is 0.0774. The lowest BCUT2D eigenvalue weighted by molar-refractivity contribution is 0.301. The minimum atomic E-state index is -2.61. The van der Waals surface area contributed by atoms with Crippen LogP contribution in [0.1, 0.15) is 24.0 Å². The number of hydrogen-bond donors (Lipinski definition) is 3. The predicted molar refractivity (Wildman–Crippen MR) is 114 cm³/mol. The summed E-state index contributed by atoms with van der Waals surface area (Å²) >= 11 is 0. The summed E-state index contributed by atoms with van der Waals surface area (Å²) in [7, 11) is -0.871. The first kappa shape index (κ1) is 19.7. The van der Waals surface area contributed by atoms with Gasteiger partial charge in [-0.05, 0) is 55.4 Å². The Kier molecular flexibility index (Phi) is 5.47. The largest absolute Gasteiger partial charge is 0.493 e. The Morgan fingerprint density at radius 3 is 2.79 bits per heavy atom. The molecule has 3 aromatic rings. The second kappa shape index (κ2) is 8.04. The highest BCUT2D eigenvalue weighted by molar-refractivity contribution is 7.70. The zero-order valence-electron chi connectivity index (χ0n) is 16.5. The van der Waals surface area contributed by atoms with Crippen LogP contribution in [0.15, 0.2) is 35.4 Å². The lowest BCUT2D eigenvalue weighted by Gasteiger charge is -2.18. The van der Waals surface area contributed by atoms with Gasteiger partial charge in [0.1, 0.15) is 11.3 Å². The average Bonchev–Trinajstić information content (AvgIpc) is 3.38. The van der Waals surface area contributed by atoms with Gasteiger partial charge < -0.3 is 14.3 Å². The highest BCUT2D eigenvalue weighted by atomic mass is 32.2. The molecule has 7 nitrogen and oxygen atoms in total. The van der Waals surface area contributed by atoms with Crippen molar-refractivity contribution in [1.29, 1.82) is 0 Å². The molecular formula is C21H25N3O4S. The molecule has 4 rings (SSSR count). The Labute approximate surface area is 170 Å². The number of nitrogens with zero attached hydrogens (tertiary/aromatic N) is 1. The second-order valence-electron chi connectivity index (χ2n) is 7.62. The van der Waals surface area contributed by atoms with Gasteiger partial charge in [0, 0.05) is 42.5 Å². The van der Waals surface area contributed by atoms with Gasteiger partial charge in [0.15, 0.2) is 0 Å². The highest BCUT2D eigenvalue weighted by Crippen LogP contribution is 2.39. The molecule has 8 heteroatoms. The van der Waals surface area contributed by atoms with Crippen molar-refractivity contribution in [2.45, 2.75) is 26.2 Å². The molecule has 0 unspecified atom stereocenters. The molecule has 1 aliphatic carbocycles. The fraction of sp³-hybridized carbons (Fsp3) is 0.381. The Morgan fingerprint density at radius 2 is 2.07 bits per heavy atom. The molecule has 0 amide bonds. The maximum atomic E-state index is 12.5. The van der Waals surface area contributed by atoms with Gasteiger partial charge in [0.05, 0.1) is 6.61 Å². The number of H-pyrrole nitrogens is 1. The van der Waals surface area contributed by atoms with E-state index in [1.807, 2.05) is 31.3 Å². The third kappa shape index (κ3) is 4.09. The van der Waals surface area contributed by atoms with E-state index in [0.717, 1.165) is 33.4 Å². The van der Waals surface area contributed by atoms with Crippen LogP contribution in [0.25, 0.3) is 22.0 Å². The lowest BCUT2D eigenvalue weighted by atomic mass is 9.93. The Morgan fingerprint density at radius 1 is 1.28 bits per heavy atom. The van der Waals surface area contributed by atoms with Gasteiger partial charge >= 0.3 is 0 Å². The number of ether oxygens (including phenoxy) is 1. The van der Waals surface area contributed by atoms with Crippen LogP contribution < -0.4 is 15.0 Å². The summed E-state index contributed by atoms with van der Waals surface area (Å²) in [6.07, 6.45) is 6.60. The quantitative estimate of drug-likeness (QED) is 0.492. The van der Waals surface area contributed by atoms with Gasteiger partial charge in [-0.25, -0.2) is 13.1 Å². The SMILES string of the molecule is Cc1c(CCN[SH](=O)=O)ccc(OCC2CC2)c1-c1cn(C)c(=O)c2[nH]ccc12. The summed E-state index contributed by atoms with van der Waals surface area (Å²) in [6.45, 7) is 3.05. The van der Waals surface area contributed by atoms with Crippen molar-refractivity contribution in [3.63, 3.8) is 0 Å². The van der Waals surface area contributed by atoms with E-state index in [2.05, 4.69) is 9.71 Å². The molecule has 154 valence electrons. The first-order valence-corrected chi connectivity index (χ1v) is 10.9. The van der Waals surface area contributed by atoms with Gasteiger partial charge in [0.25, 0.3) is 5.56 Å². The fourth-order valence-electron chi connectivity index (χ4n) is 3.70. The van der Waals surface area contributed by atoms with Gasteiger partial charge in [0.2, 0.25) is 10.9 Å². The van der Waals surface area contributed by atoms with Crippen LogP contribution in [0.5, 0.6) is 5.75 Å². The lowest BCUT2D eigenvalue weighted by Crippen LogP contribution is -2.17. The molecule has 0 aliphatic heterocycles. The summed E-state index contributed by atoms with van der Waals surface area (Å²) < 4.78 is 31.9. The fourth-order valence-corrected chi connectivity index (χ4v) is 3.99. The van der Waals surface area contributed by atoms with E-state index in [0.29, 0.717) is 31.0 Å². The molecule has 1 aromatic carbocycles. The molecule has 0 spiro atoms. The molecule has 1 fully saturated rings. The first-order chi connectivity index (χ1) is 14.0. The molecule has 0 radical (unpaired) electrons. The summed E-state index contributed by atoms with van der Waals surface area (Å²) in [5, 5.41) is 0.852. The van der Waals surface area contributed by atoms with Crippen molar-refractivity contribution in [2.24, 2.45) is 13.0 Å². The van der Waals surface area contributed by atoms with Crippen LogP contribution in [0.3, 0.4) is 0 Å². The normalized spacial score (nSPS) is 14.0. The maximum Gasteiger partial charge on any atom is 0.274 e.